The van der Waals surface area contributed by atoms with Crippen LogP contribution in [-0.4, -0.2) is 79.3 Å². The summed E-state index contributed by atoms with van der Waals surface area (Å²) in [7, 11) is 1.45. The Hall–Kier alpha value is -3.54. The smallest absolute Gasteiger partial charge is 0.294 e. The topological polar surface area (TPSA) is 114 Å². The fraction of sp³-hybridized carbons (Fsp3) is 0.280. The molecule has 2 heterocycles. The summed E-state index contributed by atoms with van der Waals surface area (Å²) in [6.45, 7) is 1.17. The highest BCUT2D eigenvalue weighted by atomic mass is 35.5. The lowest BCUT2D eigenvalue weighted by atomic mass is 10.2. The summed E-state index contributed by atoms with van der Waals surface area (Å²) >= 11 is 6.62. The monoisotopic (exact) mass is 545 g/mol. The minimum Gasteiger partial charge on any atom is -0.493 e. The molecule has 194 valence electrons. The van der Waals surface area contributed by atoms with Gasteiger partial charge in [0.25, 0.3) is 17.1 Å². The molecular weight excluding hydrogens is 522 g/mol. The molecule has 0 bridgehead atoms. The molecule has 2 fully saturated rings. The molecule has 0 atom stereocenters. The molecule has 4 rings (SSSR count). The van der Waals surface area contributed by atoms with Gasteiger partial charge in [0, 0.05) is 23.8 Å². The minimum atomic E-state index is -0.533. The van der Waals surface area contributed by atoms with E-state index in [1.807, 2.05) is 0 Å². The molecule has 0 aliphatic carbocycles. The van der Waals surface area contributed by atoms with Gasteiger partial charge < -0.3 is 24.4 Å². The summed E-state index contributed by atoms with van der Waals surface area (Å²) in [5.41, 5.74) is 1.17. The molecule has 1 N–H and O–H groups in total. The van der Waals surface area contributed by atoms with Gasteiger partial charge in [-0.1, -0.05) is 17.7 Å². The van der Waals surface area contributed by atoms with E-state index in [1.165, 1.54) is 7.11 Å². The number of carbonyl (C=O) groups is 4. The second kappa shape index (κ2) is 12.1. The van der Waals surface area contributed by atoms with Crippen molar-refractivity contribution in [3.8, 4) is 11.5 Å². The van der Waals surface area contributed by atoms with Gasteiger partial charge in [-0.2, -0.15) is 0 Å². The molecule has 0 aromatic heterocycles. The second-order valence-electron chi connectivity index (χ2n) is 8.02. The predicted octanol–water partition coefficient (Wildman–Crippen LogP) is 3.26. The second-order valence-corrected chi connectivity index (χ2v) is 9.44. The number of rotatable bonds is 8. The molecule has 0 radical (unpaired) electrons. The third-order valence-corrected chi connectivity index (χ3v) is 6.66. The lowest BCUT2D eigenvalue weighted by Crippen LogP contribution is -2.46. The van der Waals surface area contributed by atoms with Crippen LogP contribution in [0.3, 0.4) is 0 Å². The molecule has 2 aromatic rings. The number of imide groups is 1. The first-order chi connectivity index (χ1) is 17.8. The molecule has 0 spiro atoms. The van der Waals surface area contributed by atoms with Crippen molar-refractivity contribution in [1.29, 1.82) is 0 Å². The highest BCUT2D eigenvalue weighted by molar-refractivity contribution is 8.18. The van der Waals surface area contributed by atoms with Crippen LogP contribution in [0.15, 0.2) is 47.4 Å². The summed E-state index contributed by atoms with van der Waals surface area (Å²) in [6.07, 6.45) is 1.55. The maximum Gasteiger partial charge on any atom is 0.294 e. The third kappa shape index (κ3) is 6.82. The number of ether oxygens (including phenoxy) is 3. The molecule has 10 nitrogen and oxygen atoms in total. The number of thioether (sulfide) groups is 1. The number of nitrogens with one attached hydrogen (secondary N) is 1. The Kier molecular flexibility index (Phi) is 8.70. The van der Waals surface area contributed by atoms with E-state index >= 15 is 0 Å². The van der Waals surface area contributed by atoms with Crippen LogP contribution in [0.1, 0.15) is 5.56 Å². The number of morpholine rings is 1. The predicted molar refractivity (Wildman–Crippen MR) is 139 cm³/mol. The molecule has 2 saturated heterocycles. The number of hydrogen-bond acceptors (Lipinski definition) is 8. The third-order valence-electron chi connectivity index (χ3n) is 5.50. The number of carbonyl (C=O) groups excluding carboxylic acids is 4. The van der Waals surface area contributed by atoms with E-state index in [0.29, 0.717) is 54.1 Å². The molecule has 2 aromatic carbocycles. The van der Waals surface area contributed by atoms with Gasteiger partial charge in [-0.05, 0) is 59.8 Å². The highest BCUT2D eigenvalue weighted by Crippen LogP contribution is 2.34. The van der Waals surface area contributed by atoms with Crippen LogP contribution in [0.25, 0.3) is 6.08 Å². The first-order valence-corrected chi connectivity index (χ1v) is 12.5. The van der Waals surface area contributed by atoms with Crippen molar-refractivity contribution in [3.05, 3.63) is 58.0 Å². The van der Waals surface area contributed by atoms with Crippen molar-refractivity contribution in [3.63, 3.8) is 0 Å². The molecule has 2 aliphatic rings. The largest absolute Gasteiger partial charge is 0.493 e. The van der Waals surface area contributed by atoms with E-state index < -0.39 is 11.1 Å². The Bertz CT molecular complexity index is 1230. The van der Waals surface area contributed by atoms with Crippen LogP contribution < -0.4 is 14.8 Å². The Labute approximate surface area is 222 Å². The van der Waals surface area contributed by atoms with Crippen LogP contribution in [0.4, 0.5) is 10.5 Å². The first kappa shape index (κ1) is 26.5. The summed E-state index contributed by atoms with van der Waals surface area (Å²) in [5.74, 6) is -0.525. The van der Waals surface area contributed by atoms with E-state index in [0.717, 1.165) is 16.7 Å². The fourth-order valence-electron chi connectivity index (χ4n) is 3.60. The van der Waals surface area contributed by atoms with Crippen molar-refractivity contribution in [1.82, 2.24) is 9.80 Å². The van der Waals surface area contributed by atoms with Crippen LogP contribution in [0.2, 0.25) is 5.02 Å². The summed E-state index contributed by atoms with van der Waals surface area (Å²) in [5, 5.41) is 2.76. The van der Waals surface area contributed by atoms with E-state index in [2.05, 4.69) is 5.32 Å². The summed E-state index contributed by atoms with van der Waals surface area (Å²) in [4.78, 5) is 52.7. The van der Waals surface area contributed by atoms with Gasteiger partial charge in [0.05, 0.1) is 25.2 Å². The first-order valence-electron chi connectivity index (χ1n) is 11.3. The number of hydrogen-bond donors (Lipinski definition) is 1. The van der Waals surface area contributed by atoms with Gasteiger partial charge in [-0.3, -0.25) is 24.1 Å². The lowest BCUT2D eigenvalue weighted by molar-refractivity contribution is -0.139. The van der Waals surface area contributed by atoms with Crippen molar-refractivity contribution in [2.75, 3.05) is 51.9 Å². The maximum atomic E-state index is 12.8. The van der Waals surface area contributed by atoms with Gasteiger partial charge in [0.1, 0.15) is 6.54 Å². The zero-order valence-corrected chi connectivity index (χ0v) is 21.5. The van der Waals surface area contributed by atoms with Gasteiger partial charge in [0.2, 0.25) is 5.91 Å². The zero-order valence-electron chi connectivity index (χ0n) is 19.9. The van der Waals surface area contributed by atoms with Crippen LogP contribution >= 0.6 is 23.4 Å². The number of nitrogens with zero attached hydrogens (tertiary/aromatic N) is 2. The normalized spacial score (nSPS) is 16.8. The molecule has 0 unspecified atom stereocenters. The van der Waals surface area contributed by atoms with E-state index in [4.69, 9.17) is 25.8 Å². The number of halogens is 1. The van der Waals surface area contributed by atoms with Crippen LogP contribution in [-0.2, 0) is 19.1 Å². The van der Waals surface area contributed by atoms with Gasteiger partial charge in [0.15, 0.2) is 18.1 Å². The Morgan fingerprint density at radius 1 is 1.11 bits per heavy atom. The molecule has 37 heavy (non-hydrogen) atoms. The number of anilines is 1. The van der Waals surface area contributed by atoms with Crippen molar-refractivity contribution in [2.24, 2.45) is 0 Å². The van der Waals surface area contributed by atoms with Crippen molar-refractivity contribution in [2.45, 2.75) is 0 Å². The number of amides is 4. The Morgan fingerprint density at radius 2 is 1.84 bits per heavy atom. The van der Waals surface area contributed by atoms with Gasteiger partial charge in [-0.25, -0.2) is 0 Å². The number of benzene rings is 2. The minimum absolute atomic E-state index is 0.192. The zero-order chi connectivity index (χ0) is 26.4. The Balaban J connectivity index is 1.38. The van der Waals surface area contributed by atoms with Crippen LogP contribution in [0.5, 0.6) is 11.5 Å². The molecule has 2 aliphatic heterocycles. The van der Waals surface area contributed by atoms with Crippen molar-refractivity contribution < 1.29 is 33.4 Å². The lowest BCUT2D eigenvalue weighted by Gasteiger charge is -2.28. The summed E-state index contributed by atoms with van der Waals surface area (Å²) in [6, 6.07) is 11.6. The fourth-order valence-corrected chi connectivity index (χ4v) is 4.57. The van der Waals surface area contributed by atoms with E-state index in [-0.39, 0.29) is 29.9 Å². The SMILES string of the molecule is COc1cc(/C=C2\SC(=O)N(CC(=O)N3CCOCC3)C2=O)ccc1OCC(=O)Nc1ccc(Cl)cc1. The average Bonchev–Trinajstić information content (AvgIpc) is 3.16. The number of methoxy groups -OCH3 is 1. The molecule has 0 saturated carbocycles. The van der Waals surface area contributed by atoms with E-state index in [9.17, 15) is 19.2 Å². The molecule has 12 heteroatoms. The molecular formula is C25H24ClN3O7S. The van der Waals surface area contributed by atoms with Gasteiger partial charge >= 0.3 is 0 Å². The standard InChI is InChI=1S/C25H24ClN3O7S/c1-34-20-12-16(2-7-19(20)36-15-22(30)27-18-5-3-17(26)4-6-18)13-21-24(32)29(25(33)37-21)14-23(31)28-8-10-35-11-9-28/h2-7,12-13H,8-11,14-15H2,1H3,(H,27,30)/b21-13-. The van der Waals surface area contributed by atoms with Crippen LogP contribution in [0, 0.1) is 0 Å². The quantitative estimate of drug-likeness (QED) is 0.503. The summed E-state index contributed by atoms with van der Waals surface area (Å²) < 4.78 is 16.2. The molecule has 4 amide bonds. The maximum absolute atomic E-state index is 12.8. The average molecular weight is 546 g/mol. The van der Waals surface area contributed by atoms with E-state index in [1.54, 1.807) is 53.4 Å². The van der Waals surface area contributed by atoms with Gasteiger partial charge in [-0.15, -0.1) is 0 Å². The Morgan fingerprint density at radius 3 is 2.54 bits per heavy atom. The highest BCUT2D eigenvalue weighted by Gasteiger charge is 2.37. The van der Waals surface area contributed by atoms with Crippen molar-refractivity contribution >= 4 is 58.1 Å².